The number of hydrogen-bond acceptors (Lipinski definition) is 3. The first-order valence-electron chi connectivity index (χ1n) is 7.90. The van der Waals surface area contributed by atoms with Crippen LogP contribution in [0, 0.1) is 0 Å². The van der Waals surface area contributed by atoms with Gasteiger partial charge in [0, 0.05) is 13.5 Å². The molecule has 0 spiro atoms. The third-order valence-corrected chi connectivity index (χ3v) is 5.61. The molecule has 0 bridgehead atoms. The van der Waals surface area contributed by atoms with Crippen LogP contribution in [0.4, 0.5) is 5.69 Å². The van der Waals surface area contributed by atoms with Gasteiger partial charge in [0.1, 0.15) is 0 Å². The van der Waals surface area contributed by atoms with E-state index >= 15 is 0 Å². The van der Waals surface area contributed by atoms with E-state index in [2.05, 4.69) is 10.0 Å². The zero-order chi connectivity index (χ0) is 18.7. The predicted molar refractivity (Wildman–Crippen MR) is 104 cm³/mol. The molecule has 0 saturated carbocycles. The van der Waals surface area contributed by atoms with Crippen molar-refractivity contribution in [1.29, 1.82) is 0 Å². The molecule has 0 aliphatic heterocycles. The van der Waals surface area contributed by atoms with Crippen molar-refractivity contribution in [2.75, 3.05) is 5.32 Å². The second-order valence-corrected chi connectivity index (χ2v) is 7.96. The average Bonchev–Trinajstić information content (AvgIpc) is 2.61. The minimum Gasteiger partial charge on any atom is -0.325 e. The zero-order valence-electron chi connectivity index (χ0n) is 14.0. The van der Waals surface area contributed by atoms with Gasteiger partial charge in [0.15, 0.2) is 0 Å². The smallest absolute Gasteiger partial charge is 0.240 e. The quantitative estimate of drug-likeness (QED) is 0.695. The number of nitrogens with one attached hydrogen (secondary N) is 2. The molecule has 5 nitrogen and oxygen atoms in total. The van der Waals surface area contributed by atoms with Crippen LogP contribution in [-0.2, 0) is 21.4 Å². The Kier molecular flexibility index (Phi) is 5.27. The molecule has 0 aliphatic carbocycles. The van der Waals surface area contributed by atoms with Crippen LogP contribution in [0.2, 0.25) is 5.02 Å². The highest BCUT2D eigenvalue weighted by atomic mass is 35.5. The molecule has 3 aromatic rings. The molecule has 0 aliphatic rings. The van der Waals surface area contributed by atoms with E-state index in [1.165, 1.54) is 25.1 Å². The molecule has 3 rings (SSSR count). The summed E-state index contributed by atoms with van der Waals surface area (Å²) < 4.78 is 27.7. The zero-order valence-corrected chi connectivity index (χ0v) is 15.6. The lowest BCUT2D eigenvalue weighted by molar-refractivity contribution is -0.114. The van der Waals surface area contributed by atoms with Crippen LogP contribution >= 0.6 is 11.6 Å². The van der Waals surface area contributed by atoms with Crippen molar-refractivity contribution in [1.82, 2.24) is 4.72 Å². The SMILES string of the molecule is CC(=O)Nc1ccc(S(=O)(=O)NCc2cccc3ccccc23)cc1Cl. The summed E-state index contributed by atoms with van der Waals surface area (Å²) in [5.74, 6) is -0.281. The number of carbonyl (C=O) groups is 1. The molecule has 0 radical (unpaired) electrons. The second-order valence-electron chi connectivity index (χ2n) is 5.79. The van der Waals surface area contributed by atoms with Gasteiger partial charge in [-0.2, -0.15) is 0 Å². The molecule has 1 amide bonds. The molecule has 0 unspecified atom stereocenters. The maximum absolute atomic E-state index is 12.6. The van der Waals surface area contributed by atoms with Gasteiger partial charge in [-0.25, -0.2) is 13.1 Å². The number of halogens is 1. The number of sulfonamides is 1. The van der Waals surface area contributed by atoms with E-state index in [-0.39, 0.29) is 22.4 Å². The molecule has 26 heavy (non-hydrogen) atoms. The third kappa shape index (κ3) is 4.04. The van der Waals surface area contributed by atoms with Crippen LogP contribution in [0.15, 0.2) is 65.6 Å². The van der Waals surface area contributed by atoms with Crippen molar-refractivity contribution in [2.45, 2.75) is 18.4 Å². The van der Waals surface area contributed by atoms with Gasteiger partial charge in [0.05, 0.1) is 15.6 Å². The fourth-order valence-corrected chi connectivity index (χ4v) is 3.98. The first-order valence-corrected chi connectivity index (χ1v) is 9.76. The fraction of sp³-hybridized carbons (Fsp3) is 0.105. The van der Waals surface area contributed by atoms with Gasteiger partial charge in [-0.3, -0.25) is 4.79 Å². The topological polar surface area (TPSA) is 75.3 Å². The molecule has 134 valence electrons. The molecule has 0 aromatic heterocycles. The first kappa shape index (κ1) is 18.4. The lowest BCUT2D eigenvalue weighted by atomic mass is 10.1. The monoisotopic (exact) mass is 388 g/mol. The van der Waals surface area contributed by atoms with Crippen LogP contribution in [0.1, 0.15) is 12.5 Å². The average molecular weight is 389 g/mol. The molecule has 0 fully saturated rings. The highest BCUT2D eigenvalue weighted by Crippen LogP contribution is 2.25. The molecular weight excluding hydrogens is 372 g/mol. The van der Waals surface area contributed by atoms with Crippen LogP contribution in [0.3, 0.4) is 0 Å². The van der Waals surface area contributed by atoms with Gasteiger partial charge >= 0.3 is 0 Å². The van der Waals surface area contributed by atoms with Gasteiger partial charge < -0.3 is 5.32 Å². The predicted octanol–water partition coefficient (Wildman–Crippen LogP) is 3.93. The lowest BCUT2D eigenvalue weighted by Gasteiger charge is -2.11. The van der Waals surface area contributed by atoms with E-state index in [9.17, 15) is 13.2 Å². The van der Waals surface area contributed by atoms with Crippen LogP contribution < -0.4 is 10.0 Å². The summed E-state index contributed by atoms with van der Waals surface area (Å²) in [4.78, 5) is 11.2. The third-order valence-electron chi connectivity index (χ3n) is 3.89. The fourth-order valence-electron chi connectivity index (χ4n) is 2.66. The Hall–Kier alpha value is -2.41. The number of rotatable bonds is 5. The van der Waals surface area contributed by atoms with E-state index in [4.69, 9.17) is 11.6 Å². The van der Waals surface area contributed by atoms with Crippen molar-refractivity contribution in [3.05, 3.63) is 71.2 Å². The van der Waals surface area contributed by atoms with Crippen LogP contribution in [0.5, 0.6) is 0 Å². The highest BCUT2D eigenvalue weighted by Gasteiger charge is 2.16. The summed E-state index contributed by atoms with van der Waals surface area (Å²) in [5.41, 5.74) is 1.25. The van der Waals surface area contributed by atoms with Crippen molar-refractivity contribution in [2.24, 2.45) is 0 Å². The molecule has 0 heterocycles. The van der Waals surface area contributed by atoms with E-state index in [1.54, 1.807) is 0 Å². The Bertz CT molecular complexity index is 1080. The van der Waals surface area contributed by atoms with Gasteiger partial charge in [-0.15, -0.1) is 0 Å². The molecular formula is C19H17ClN2O3S. The maximum Gasteiger partial charge on any atom is 0.240 e. The number of anilines is 1. The molecule has 0 saturated heterocycles. The minimum absolute atomic E-state index is 0.0387. The largest absolute Gasteiger partial charge is 0.325 e. The molecule has 3 aromatic carbocycles. The standard InChI is InChI=1S/C19H17ClN2O3S/c1-13(23)22-19-10-9-16(11-18(19)20)26(24,25)21-12-15-7-4-6-14-5-2-3-8-17(14)15/h2-11,21H,12H2,1H3,(H,22,23). The summed E-state index contributed by atoms with van der Waals surface area (Å²) in [5, 5.41) is 4.75. The van der Waals surface area contributed by atoms with Crippen molar-refractivity contribution >= 4 is 44.0 Å². The van der Waals surface area contributed by atoms with Crippen LogP contribution in [-0.4, -0.2) is 14.3 Å². The summed E-state index contributed by atoms with van der Waals surface area (Å²) in [6.07, 6.45) is 0. The molecule has 2 N–H and O–H groups in total. The van der Waals surface area contributed by atoms with E-state index < -0.39 is 10.0 Å². The second kappa shape index (κ2) is 7.45. The normalized spacial score (nSPS) is 11.5. The van der Waals surface area contributed by atoms with Gasteiger partial charge in [0.2, 0.25) is 15.9 Å². The maximum atomic E-state index is 12.6. The Morgan fingerprint density at radius 2 is 1.77 bits per heavy atom. The number of hydrogen-bond donors (Lipinski definition) is 2. The van der Waals surface area contributed by atoms with E-state index in [1.807, 2.05) is 42.5 Å². The van der Waals surface area contributed by atoms with E-state index in [0.717, 1.165) is 16.3 Å². The summed E-state index contributed by atoms with van der Waals surface area (Å²) in [6.45, 7) is 1.52. The minimum atomic E-state index is -3.74. The summed E-state index contributed by atoms with van der Waals surface area (Å²) in [7, 11) is -3.74. The van der Waals surface area contributed by atoms with Crippen LogP contribution in [0.25, 0.3) is 10.8 Å². The summed E-state index contributed by atoms with van der Waals surface area (Å²) >= 11 is 6.07. The Balaban J connectivity index is 1.83. The summed E-state index contributed by atoms with van der Waals surface area (Å²) in [6, 6.07) is 17.7. The van der Waals surface area contributed by atoms with Gasteiger partial charge in [-0.05, 0) is 34.5 Å². The van der Waals surface area contributed by atoms with Crippen molar-refractivity contribution in [3.63, 3.8) is 0 Å². The Morgan fingerprint density at radius 3 is 2.50 bits per heavy atom. The van der Waals surface area contributed by atoms with Gasteiger partial charge in [-0.1, -0.05) is 54.1 Å². The lowest BCUT2D eigenvalue weighted by Crippen LogP contribution is -2.23. The molecule has 0 atom stereocenters. The number of benzene rings is 3. The van der Waals surface area contributed by atoms with E-state index in [0.29, 0.717) is 5.69 Å². The molecule has 7 heteroatoms. The highest BCUT2D eigenvalue weighted by molar-refractivity contribution is 7.89. The number of fused-ring (bicyclic) bond motifs is 1. The number of amides is 1. The van der Waals surface area contributed by atoms with Crippen molar-refractivity contribution in [3.8, 4) is 0 Å². The Labute approximate surface area is 157 Å². The first-order chi connectivity index (χ1) is 12.4. The number of carbonyl (C=O) groups excluding carboxylic acids is 1. The van der Waals surface area contributed by atoms with Crippen molar-refractivity contribution < 1.29 is 13.2 Å². The Morgan fingerprint density at radius 1 is 1.04 bits per heavy atom. The van der Waals surface area contributed by atoms with Gasteiger partial charge in [0.25, 0.3) is 0 Å².